The van der Waals surface area contributed by atoms with Gasteiger partial charge in [0.2, 0.25) is 0 Å². The van der Waals surface area contributed by atoms with Crippen molar-refractivity contribution >= 4 is 18.3 Å². The van der Waals surface area contributed by atoms with Crippen LogP contribution in [0.4, 0.5) is 0 Å². The van der Waals surface area contributed by atoms with Crippen LogP contribution in [-0.2, 0) is 13.5 Å². The molecule has 0 spiro atoms. The second-order valence-corrected chi connectivity index (χ2v) is 6.08. The molecule has 24 heavy (non-hydrogen) atoms. The predicted octanol–water partition coefficient (Wildman–Crippen LogP) is 2.50. The van der Waals surface area contributed by atoms with E-state index in [0.29, 0.717) is 12.1 Å². The van der Waals surface area contributed by atoms with E-state index in [0.717, 1.165) is 25.2 Å². The highest BCUT2D eigenvalue weighted by atomic mass is 35.5. The van der Waals surface area contributed by atoms with Crippen LogP contribution in [0.15, 0.2) is 30.5 Å². The van der Waals surface area contributed by atoms with Crippen molar-refractivity contribution in [1.29, 1.82) is 0 Å². The highest BCUT2D eigenvalue weighted by Gasteiger charge is 2.30. The van der Waals surface area contributed by atoms with Gasteiger partial charge in [0.1, 0.15) is 0 Å². The van der Waals surface area contributed by atoms with Crippen LogP contribution in [0.2, 0.25) is 0 Å². The first-order valence-corrected chi connectivity index (χ1v) is 8.21. The maximum atomic E-state index is 13.0. The van der Waals surface area contributed by atoms with Crippen molar-refractivity contribution in [2.24, 2.45) is 7.05 Å². The van der Waals surface area contributed by atoms with Crippen LogP contribution in [0.3, 0.4) is 0 Å². The molecule has 1 aliphatic heterocycles. The summed E-state index contributed by atoms with van der Waals surface area (Å²) in [6.07, 6.45) is 2.71. The lowest BCUT2D eigenvalue weighted by molar-refractivity contribution is 0.0633. The molecule has 3 rings (SSSR count). The van der Waals surface area contributed by atoms with Gasteiger partial charge in [-0.05, 0) is 24.5 Å². The fourth-order valence-corrected chi connectivity index (χ4v) is 3.08. The van der Waals surface area contributed by atoms with Gasteiger partial charge in [0.25, 0.3) is 5.91 Å². The van der Waals surface area contributed by atoms with Crippen LogP contribution in [-0.4, -0.2) is 40.2 Å². The van der Waals surface area contributed by atoms with E-state index in [4.69, 9.17) is 0 Å². The van der Waals surface area contributed by atoms with E-state index in [-0.39, 0.29) is 24.4 Å². The van der Waals surface area contributed by atoms with Crippen LogP contribution < -0.4 is 5.32 Å². The predicted molar refractivity (Wildman–Crippen MR) is 97.7 cm³/mol. The quantitative estimate of drug-likeness (QED) is 0.927. The van der Waals surface area contributed by atoms with Crippen LogP contribution in [0.5, 0.6) is 0 Å². The molecule has 1 aliphatic rings. The van der Waals surface area contributed by atoms with Crippen molar-refractivity contribution in [3.05, 3.63) is 52.8 Å². The number of piperazine rings is 1. The third kappa shape index (κ3) is 3.47. The van der Waals surface area contributed by atoms with Crippen molar-refractivity contribution in [2.75, 3.05) is 19.6 Å². The van der Waals surface area contributed by atoms with Crippen LogP contribution in [0.25, 0.3) is 0 Å². The maximum Gasteiger partial charge on any atom is 0.257 e. The number of aromatic nitrogens is 2. The molecule has 1 unspecified atom stereocenters. The molecular weight excluding hydrogens is 324 g/mol. The molecule has 2 aromatic rings. The molecule has 0 radical (unpaired) electrons. The summed E-state index contributed by atoms with van der Waals surface area (Å²) >= 11 is 0. The number of amides is 1. The third-order valence-electron chi connectivity index (χ3n) is 4.74. The molecule has 1 aromatic carbocycles. The van der Waals surface area contributed by atoms with Gasteiger partial charge in [0, 0.05) is 32.4 Å². The first-order valence-electron chi connectivity index (χ1n) is 8.21. The summed E-state index contributed by atoms with van der Waals surface area (Å²) in [4.78, 5) is 15.0. The Kier molecular flexibility index (Phi) is 6.02. The molecular formula is C18H25ClN4O. The minimum Gasteiger partial charge on any atom is -0.329 e. The average Bonchev–Trinajstić information content (AvgIpc) is 2.93. The maximum absolute atomic E-state index is 13.0. The van der Waals surface area contributed by atoms with Gasteiger partial charge in [-0.15, -0.1) is 12.4 Å². The Balaban J connectivity index is 0.00000208. The number of rotatable bonds is 3. The molecule has 2 heterocycles. The zero-order valence-corrected chi connectivity index (χ0v) is 15.3. The number of nitrogens with one attached hydrogen (secondary N) is 1. The van der Waals surface area contributed by atoms with Gasteiger partial charge in [-0.3, -0.25) is 9.48 Å². The van der Waals surface area contributed by atoms with E-state index in [1.807, 2.05) is 18.9 Å². The number of aryl methyl sites for hydroxylation is 2. The standard InChI is InChI=1S/C18H24N4O.ClH/c1-4-14-5-7-15(8-6-14)17-12-19-9-10-22(17)18(23)16-11-20-21(3)13(16)2;/h5-8,11,17,19H,4,9-10,12H2,1-3H3;1H. The van der Waals surface area contributed by atoms with Gasteiger partial charge >= 0.3 is 0 Å². The van der Waals surface area contributed by atoms with E-state index in [1.165, 1.54) is 11.1 Å². The number of hydrogen-bond donors (Lipinski definition) is 1. The second kappa shape index (κ2) is 7.81. The van der Waals surface area contributed by atoms with Crippen LogP contribution >= 0.6 is 12.4 Å². The van der Waals surface area contributed by atoms with Crippen molar-refractivity contribution in [2.45, 2.75) is 26.3 Å². The summed E-state index contributed by atoms with van der Waals surface area (Å²) in [5, 5.41) is 7.61. The summed E-state index contributed by atoms with van der Waals surface area (Å²) in [6, 6.07) is 8.67. The normalized spacial score (nSPS) is 17.5. The van der Waals surface area contributed by atoms with Gasteiger partial charge in [-0.25, -0.2) is 0 Å². The molecule has 0 aliphatic carbocycles. The fourth-order valence-electron chi connectivity index (χ4n) is 3.08. The molecule has 0 bridgehead atoms. The Morgan fingerprint density at radius 2 is 2.04 bits per heavy atom. The molecule has 6 heteroatoms. The molecule has 1 amide bonds. The highest BCUT2D eigenvalue weighted by Crippen LogP contribution is 2.25. The molecule has 1 fully saturated rings. The lowest BCUT2D eigenvalue weighted by Gasteiger charge is -2.36. The van der Waals surface area contributed by atoms with Crippen molar-refractivity contribution < 1.29 is 4.79 Å². The van der Waals surface area contributed by atoms with Gasteiger partial charge in [0.15, 0.2) is 0 Å². The van der Waals surface area contributed by atoms with E-state index < -0.39 is 0 Å². The summed E-state index contributed by atoms with van der Waals surface area (Å²) in [5.41, 5.74) is 4.11. The first kappa shape index (κ1) is 18.5. The molecule has 1 atom stereocenters. The van der Waals surface area contributed by atoms with Gasteiger partial charge in [0.05, 0.1) is 17.8 Å². The Morgan fingerprint density at radius 3 is 2.62 bits per heavy atom. The lowest BCUT2D eigenvalue weighted by atomic mass is 10.00. The van der Waals surface area contributed by atoms with Gasteiger partial charge < -0.3 is 10.2 Å². The van der Waals surface area contributed by atoms with Gasteiger partial charge in [-0.1, -0.05) is 31.2 Å². The number of nitrogens with zero attached hydrogens (tertiary/aromatic N) is 3. The Hall–Kier alpha value is -1.85. The van der Waals surface area contributed by atoms with E-state index in [9.17, 15) is 4.79 Å². The van der Waals surface area contributed by atoms with Crippen LogP contribution in [0.1, 0.15) is 40.1 Å². The number of hydrogen-bond acceptors (Lipinski definition) is 3. The minimum absolute atomic E-state index is 0. The molecule has 1 saturated heterocycles. The Morgan fingerprint density at radius 1 is 1.33 bits per heavy atom. The molecule has 1 N–H and O–H groups in total. The zero-order chi connectivity index (χ0) is 16.4. The van der Waals surface area contributed by atoms with E-state index in [1.54, 1.807) is 10.9 Å². The SMILES string of the molecule is CCc1ccc(C2CNCCN2C(=O)c2cnn(C)c2C)cc1.Cl. The summed E-state index contributed by atoms with van der Waals surface area (Å²) in [5.74, 6) is 0.0710. The molecule has 130 valence electrons. The summed E-state index contributed by atoms with van der Waals surface area (Å²) in [7, 11) is 1.87. The smallest absolute Gasteiger partial charge is 0.257 e. The van der Waals surface area contributed by atoms with Crippen molar-refractivity contribution in [3.63, 3.8) is 0 Å². The average molecular weight is 349 g/mol. The van der Waals surface area contributed by atoms with Gasteiger partial charge in [-0.2, -0.15) is 5.10 Å². The first-order chi connectivity index (χ1) is 11.1. The Bertz CT molecular complexity index is 696. The van der Waals surface area contributed by atoms with Crippen LogP contribution in [0, 0.1) is 6.92 Å². The second-order valence-electron chi connectivity index (χ2n) is 6.08. The molecule has 0 saturated carbocycles. The lowest BCUT2D eigenvalue weighted by Crippen LogP contribution is -2.48. The number of carbonyl (C=O) groups excluding carboxylic acids is 1. The molecule has 5 nitrogen and oxygen atoms in total. The van der Waals surface area contributed by atoms with Crippen molar-refractivity contribution in [3.8, 4) is 0 Å². The molecule has 1 aromatic heterocycles. The van der Waals surface area contributed by atoms with E-state index >= 15 is 0 Å². The topological polar surface area (TPSA) is 50.2 Å². The van der Waals surface area contributed by atoms with E-state index in [2.05, 4.69) is 41.6 Å². The minimum atomic E-state index is 0. The summed E-state index contributed by atoms with van der Waals surface area (Å²) in [6.45, 7) is 6.42. The zero-order valence-electron chi connectivity index (χ0n) is 14.5. The monoisotopic (exact) mass is 348 g/mol. The fraction of sp³-hybridized carbons (Fsp3) is 0.444. The number of benzene rings is 1. The number of carbonyl (C=O) groups is 1. The number of halogens is 1. The highest BCUT2D eigenvalue weighted by molar-refractivity contribution is 5.95. The van der Waals surface area contributed by atoms with Crippen molar-refractivity contribution in [1.82, 2.24) is 20.0 Å². The largest absolute Gasteiger partial charge is 0.329 e. The third-order valence-corrected chi connectivity index (χ3v) is 4.74. The summed E-state index contributed by atoms with van der Waals surface area (Å²) < 4.78 is 1.75. The Labute approximate surface area is 149 Å².